The second-order valence-electron chi connectivity index (χ2n) is 5.13. The summed E-state index contributed by atoms with van der Waals surface area (Å²) in [6.07, 6.45) is 3.85. The Balaban J connectivity index is 0.00000200. The Hall–Kier alpha value is -0.760. The van der Waals surface area contributed by atoms with Crippen LogP contribution in [0.25, 0.3) is 0 Å². The number of furan rings is 1. The lowest BCUT2D eigenvalue weighted by atomic mass is 10.1. The van der Waals surface area contributed by atoms with Crippen LogP contribution in [0.1, 0.15) is 12.2 Å². The molecule has 0 bridgehead atoms. The fourth-order valence-corrected chi connectivity index (χ4v) is 2.41. The van der Waals surface area contributed by atoms with Crippen LogP contribution in [-0.4, -0.2) is 51.1 Å². The molecule has 2 N–H and O–H groups in total. The highest BCUT2D eigenvalue weighted by Gasteiger charge is 2.19. The Morgan fingerprint density at radius 2 is 2.35 bits per heavy atom. The minimum atomic E-state index is 0. The molecule has 0 aromatic carbocycles. The Morgan fingerprint density at radius 1 is 1.50 bits per heavy atom. The molecular formula is C14H25IN4O. The highest BCUT2D eigenvalue weighted by molar-refractivity contribution is 14.0. The van der Waals surface area contributed by atoms with E-state index < -0.39 is 0 Å². The summed E-state index contributed by atoms with van der Waals surface area (Å²) in [5, 5.41) is 6.70. The van der Waals surface area contributed by atoms with Gasteiger partial charge in [-0.25, -0.2) is 0 Å². The zero-order chi connectivity index (χ0) is 13.5. The summed E-state index contributed by atoms with van der Waals surface area (Å²) < 4.78 is 5.30. The lowest BCUT2D eigenvalue weighted by molar-refractivity contribution is 0.394. The van der Waals surface area contributed by atoms with Gasteiger partial charge in [-0.15, -0.1) is 24.0 Å². The van der Waals surface area contributed by atoms with Crippen molar-refractivity contribution in [3.63, 3.8) is 0 Å². The summed E-state index contributed by atoms with van der Waals surface area (Å²) in [6, 6.07) is 3.91. The number of aliphatic imine (C=N–C) groups is 1. The van der Waals surface area contributed by atoms with Crippen molar-refractivity contribution in [1.29, 1.82) is 0 Å². The van der Waals surface area contributed by atoms with E-state index in [1.54, 1.807) is 6.26 Å². The van der Waals surface area contributed by atoms with Crippen LogP contribution in [0.5, 0.6) is 0 Å². The Labute approximate surface area is 138 Å². The van der Waals surface area contributed by atoms with Gasteiger partial charge in [-0.1, -0.05) is 0 Å². The number of hydrogen-bond donors (Lipinski definition) is 2. The van der Waals surface area contributed by atoms with Crippen molar-refractivity contribution < 1.29 is 4.42 Å². The van der Waals surface area contributed by atoms with Crippen molar-refractivity contribution in [1.82, 2.24) is 15.5 Å². The minimum absolute atomic E-state index is 0. The molecule has 1 unspecified atom stereocenters. The lowest BCUT2D eigenvalue weighted by Crippen LogP contribution is -2.40. The summed E-state index contributed by atoms with van der Waals surface area (Å²) in [5.74, 6) is 2.61. The van der Waals surface area contributed by atoms with E-state index in [1.807, 2.05) is 19.2 Å². The molecule has 20 heavy (non-hydrogen) atoms. The summed E-state index contributed by atoms with van der Waals surface area (Å²) in [7, 11) is 3.99. The topological polar surface area (TPSA) is 52.8 Å². The van der Waals surface area contributed by atoms with E-state index >= 15 is 0 Å². The van der Waals surface area contributed by atoms with Gasteiger partial charge in [-0.2, -0.15) is 0 Å². The molecule has 5 nitrogen and oxygen atoms in total. The molecule has 6 heteroatoms. The molecule has 0 spiro atoms. The smallest absolute Gasteiger partial charge is 0.191 e. The van der Waals surface area contributed by atoms with Crippen molar-refractivity contribution in [2.24, 2.45) is 10.9 Å². The van der Waals surface area contributed by atoms with Gasteiger partial charge >= 0.3 is 0 Å². The van der Waals surface area contributed by atoms with Crippen LogP contribution in [-0.2, 0) is 6.42 Å². The van der Waals surface area contributed by atoms with Crippen molar-refractivity contribution in [2.45, 2.75) is 12.8 Å². The first kappa shape index (κ1) is 17.3. The molecule has 1 aliphatic heterocycles. The molecule has 2 rings (SSSR count). The average Bonchev–Trinajstić information content (AvgIpc) is 3.05. The molecule has 1 atom stereocenters. The monoisotopic (exact) mass is 392 g/mol. The van der Waals surface area contributed by atoms with Gasteiger partial charge in [0.15, 0.2) is 5.96 Å². The third-order valence-corrected chi connectivity index (χ3v) is 3.51. The fraction of sp³-hybridized carbons (Fsp3) is 0.643. The van der Waals surface area contributed by atoms with Crippen LogP contribution in [0, 0.1) is 5.92 Å². The van der Waals surface area contributed by atoms with Gasteiger partial charge in [-0.3, -0.25) is 4.99 Å². The van der Waals surface area contributed by atoms with E-state index in [9.17, 15) is 0 Å². The zero-order valence-electron chi connectivity index (χ0n) is 12.3. The van der Waals surface area contributed by atoms with Crippen molar-refractivity contribution in [3.8, 4) is 0 Å². The molecule has 0 radical (unpaired) electrons. The second kappa shape index (κ2) is 9.23. The fourth-order valence-electron chi connectivity index (χ4n) is 2.41. The van der Waals surface area contributed by atoms with Crippen LogP contribution in [0.4, 0.5) is 0 Å². The molecule has 1 aromatic heterocycles. The van der Waals surface area contributed by atoms with Crippen LogP contribution in [0.2, 0.25) is 0 Å². The van der Waals surface area contributed by atoms with Crippen LogP contribution in [0.15, 0.2) is 27.8 Å². The minimum Gasteiger partial charge on any atom is -0.469 e. The van der Waals surface area contributed by atoms with Gasteiger partial charge < -0.3 is 20.0 Å². The molecular weight excluding hydrogens is 367 g/mol. The maximum absolute atomic E-state index is 5.30. The SMILES string of the molecule is CN=C(NCCc1ccco1)NCC1CCN(C)C1.I. The third-order valence-electron chi connectivity index (χ3n) is 3.51. The van der Waals surface area contributed by atoms with Gasteiger partial charge in [0.1, 0.15) is 5.76 Å². The number of guanidine groups is 1. The molecule has 2 heterocycles. The van der Waals surface area contributed by atoms with E-state index in [-0.39, 0.29) is 24.0 Å². The zero-order valence-corrected chi connectivity index (χ0v) is 14.6. The molecule has 0 aliphatic carbocycles. The van der Waals surface area contributed by atoms with Crippen molar-refractivity contribution >= 4 is 29.9 Å². The molecule has 114 valence electrons. The quantitative estimate of drug-likeness (QED) is 0.454. The maximum atomic E-state index is 5.30. The highest BCUT2D eigenvalue weighted by atomic mass is 127. The molecule has 0 saturated carbocycles. The van der Waals surface area contributed by atoms with Gasteiger partial charge in [0.05, 0.1) is 6.26 Å². The number of likely N-dealkylation sites (tertiary alicyclic amines) is 1. The largest absolute Gasteiger partial charge is 0.469 e. The van der Waals surface area contributed by atoms with Crippen LogP contribution < -0.4 is 10.6 Å². The summed E-state index contributed by atoms with van der Waals surface area (Å²) in [4.78, 5) is 6.61. The summed E-state index contributed by atoms with van der Waals surface area (Å²) in [5.41, 5.74) is 0. The van der Waals surface area contributed by atoms with E-state index in [0.29, 0.717) is 0 Å². The number of hydrogen-bond acceptors (Lipinski definition) is 3. The Kier molecular flexibility index (Phi) is 7.98. The molecule has 1 aliphatic rings. The summed E-state index contributed by atoms with van der Waals surface area (Å²) >= 11 is 0. The molecule has 0 amide bonds. The predicted octanol–water partition coefficient (Wildman–Crippen LogP) is 1.56. The van der Waals surface area contributed by atoms with E-state index in [2.05, 4.69) is 27.6 Å². The number of nitrogens with zero attached hydrogens (tertiary/aromatic N) is 2. The van der Waals surface area contributed by atoms with Gasteiger partial charge in [0.2, 0.25) is 0 Å². The lowest BCUT2D eigenvalue weighted by Gasteiger charge is -2.15. The molecule has 1 saturated heterocycles. The van der Waals surface area contributed by atoms with Crippen LogP contribution in [0.3, 0.4) is 0 Å². The van der Waals surface area contributed by atoms with E-state index in [1.165, 1.54) is 19.5 Å². The first-order chi connectivity index (χ1) is 9.28. The average molecular weight is 392 g/mol. The van der Waals surface area contributed by atoms with Crippen molar-refractivity contribution in [2.75, 3.05) is 40.3 Å². The van der Waals surface area contributed by atoms with Crippen molar-refractivity contribution in [3.05, 3.63) is 24.2 Å². The highest BCUT2D eigenvalue weighted by Crippen LogP contribution is 2.12. The number of nitrogens with one attached hydrogen (secondary N) is 2. The molecule has 1 aromatic rings. The Morgan fingerprint density at radius 3 is 2.95 bits per heavy atom. The first-order valence-electron chi connectivity index (χ1n) is 6.93. The second-order valence-corrected chi connectivity index (χ2v) is 5.13. The van der Waals surface area contributed by atoms with Gasteiger partial charge in [-0.05, 0) is 38.1 Å². The summed E-state index contributed by atoms with van der Waals surface area (Å²) in [6.45, 7) is 4.20. The maximum Gasteiger partial charge on any atom is 0.191 e. The standard InChI is InChI=1S/C14H24N4O.HI/c1-15-14(16-7-5-13-4-3-9-19-13)17-10-12-6-8-18(2)11-12;/h3-4,9,12H,5-8,10-11H2,1-2H3,(H2,15,16,17);1H. The normalized spacial score (nSPS) is 19.7. The van der Waals surface area contributed by atoms with Gasteiger partial charge in [0.25, 0.3) is 0 Å². The Bertz CT molecular complexity index is 394. The third kappa shape index (κ3) is 5.70. The predicted molar refractivity (Wildman–Crippen MR) is 92.8 cm³/mol. The van der Waals surface area contributed by atoms with E-state index in [0.717, 1.165) is 37.1 Å². The molecule has 1 fully saturated rings. The van der Waals surface area contributed by atoms with E-state index in [4.69, 9.17) is 4.42 Å². The van der Waals surface area contributed by atoms with Gasteiger partial charge in [0, 0.05) is 33.1 Å². The first-order valence-corrected chi connectivity index (χ1v) is 6.93. The number of rotatable bonds is 5. The number of halogens is 1. The van der Waals surface area contributed by atoms with Crippen LogP contribution >= 0.6 is 24.0 Å².